The van der Waals surface area contributed by atoms with E-state index < -0.39 is 0 Å². The average molecular weight is 324 g/mol. The summed E-state index contributed by atoms with van der Waals surface area (Å²) in [6, 6.07) is 0. The van der Waals surface area contributed by atoms with Crippen LogP contribution in [0.3, 0.4) is 0 Å². The van der Waals surface area contributed by atoms with Gasteiger partial charge in [0.25, 0.3) is 0 Å². The van der Waals surface area contributed by atoms with E-state index in [4.69, 9.17) is 4.99 Å². The second-order valence-electron chi connectivity index (χ2n) is 5.57. The minimum absolute atomic E-state index is 0.503. The number of unbranched alkanes of at least 4 members (excludes halogenated alkanes) is 1. The Morgan fingerprint density at radius 2 is 2.27 bits per heavy atom. The molecule has 2 N–H and O–H groups in total. The van der Waals surface area contributed by atoms with Crippen LogP contribution in [0.1, 0.15) is 44.3 Å². The predicted molar refractivity (Wildman–Crippen MR) is 93.5 cm³/mol. The van der Waals surface area contributed by atoms with Gasteiger partial charge >= 0.3 is 0 Å². The molecule has 0 spiro atoms. The summed E-state index contributed by atoms with van der Waals surface area (Å²) in [5, 5.41) is 10.4. The first kappa shape index (κ1) is 17.1. The fourth-order valence-electron chi connectivity index (χ4n) is 2.75. The molecular weight excluding hydrogens is 296 g/mol. The second kappa shape index (κ2) is 9.71. The van der Waals surface area contributed by atoms with Crippen LogP contribution in [0.15, 0.2) is 11.3 Å². The molecule has 0 saturated carbocycles. The topological polar surface area (TPSA) is 69.2 Å². The van der Waals surface area contributed by atoms with E-state index in [1.807, 2.05) is 11.8 Å². The number of likely N-dealkylation sites (tertiary alicyclic amines) is 1. The molecule has 1 fully saturated rings. The lowest BCUT2D eigenvalue weighted by Gasteiger charge is -2.33. The number of nitrogens with one attached hydrogen (secondary N) is 2. The molecule has 6 nitrogen and oxygen atoms in total. The van der Waals surface area contributed by atoms with Crippen molar-refractivity contribution in [3.63, 3.8) is 0 Å². The molecule has 22 heavy (non-hydrogen) atoms. The van der Waals surface area contributed by atoms with E-state index in [2.05, 4.69) is 38.6 Å². The maximum absolute atomic E-state index is 4.78. The smallest absolute Gasteiger partial charge is 0.193 e. The van der Waals surface area contributed by atoms with Crippen LogP contribution >= 0.6 is 11.8 Å². The van der Waals surface area contributed by atoms with E-state index in [-0.39, 0.29) is 0 Å². The Morgan fingerprint density at radius 3 is 2.91 bits per heavy atom. The first-order chi connectivity index (χ1) is 10.8. The van der Waals surface area contributed by atoms with Crippen LogP contribution < -0.4 is 5.32 Å². The van der Waals surface area contributed by atoms with Crippen molar-refractivity contribution < 1.29 is 0 Å². The number of rotatable bonds is 7. The maximum Gasteiger partial charge on any atom is 0.193 e. The van der Waals surface area contributed by atoms with E-state index in [0.717, 1.165) is 50.8 Å². The number of aliphatic imine (C=N–C) groups is 1. The number of nitrogens with zero attached hydrogens (tertiary/aromatic N) is 4. The van der Waals surface area contributed by atoms with Crippen molar-refractivity contribution in [3.05, 3.63) is 12.2 Å². The van der Waals surface area contributed by atoms with Crippen molar-refractivity contribution in [3.8, 4) is 0 Å². The molecule has 0 amide bonds. The van der Waals surface area contributed by atoms with Gasteiger partial charge in [0.1, 0.15) is 12.2 Å². The highest BCUT2D eigenvalue weighted by molar-refractivity contribution is 7.98. The number of piperidine rings is 1. The minimum Gasteiger partial charge on any atom is -0.357 e. The molecule has 0 radical (unpaired) electrons. The lowest BCUT2D eigenvalue weighted by Crippen LogP contribution is -2.45. The number of thioether (sulfide) groups is 1. The predicted octanol–water partition coefficient (Wildman–Crippen LogP) is 2.09. The highest BCUT2D eigenvalue weighted by Crippen LogP contribution is 2.24. The molecule has 2 heterocycles. The maximum atomic E-state index is 4.78. The van der Waals surface area contributed by atoms with Crippen molar-refractivity contribution in [1.82, 2.24) is 25.4 Å². The standard InChI is InChI=1S/C15H28N6S/c1-3-16-15(17-8-4-5-11-22-2)21-9-6-13(7-10-21)14-18-12-19-20-14/h12-13H,3-11H2,1-2H3,(H,16,17)(H,18,19,20). The van der Waals surface area contributed by atoms with Crippen LogP contribution in [0.4, 0.5) is 0 Å². The van der Waals surface area contributed by atoms with Gasteiger partial charge in [-0.3, -0.25) is 10.1 Å². The van der Waals surface area contributed by atoms with Gasteiger partial charge in [-0.15, -0.1) is 0 Å². The molecule has 2 rings (SSSR count). The Hall–Kier alpha value is -1.24. The van der Waals surface area contributed by atoms with Gasteiger partial charge in [0.15, 0.2) is 5.96 Å². The highest BCUT2D eigenvalue weighted by atomic mass is 32.2. The average Bonchev–Trinajstić information content (AvgIpc) is 3.08. The molecule has 1 aliphatic rings. The first-order valence-electron chi connectivity index (χ1n) is 8.22. The van der Waals surface area contributed by atoms with Gasteiger partial charge in [-0.05, 0) is 44.6 Å². The normalized spacial score (nSPS) is 17.0. The van der Waals surface area contributed by atoms with E-state index in [1.54, 1.807) is 6.33 Å². The highest BCUT2D eigenvalue weighted by Gasteiger charge is 2.24. The van der Waals surface area contributed by atoms with E-state index in [9.17, 15) is 0 Å². The van der Waals surface area contributed by atoms with Crippen molar-refractivity contribution in [2.75, 3.05) is 38.2 Å². The molecule has 1 aliphatic heterocycles. The van der Waals surface area contributed by atoms with Gasteiger partial charge in [0.05, 0.1) is 0 Å². The molecule has 0 aromatic carbocycles. The van der Waals surface area contributed by atoms with Crippen LogP contribution in [0.25, 0.3) is 0 Å². The monoisotopic (exact) mass is 324 g/mol. The van der Waals surface area contributed by atoms with Gasteiger partial charge in [-0.25, -0.2) is 4.98 Å². The summed E-state index contributed by atoms with van der Waals surface area (Å²) in [4.78, 5) is 11.5. The Labute approximate surface area is 137 Å². The molecule has 1 aromatic heterocycles. The minimum atomic E-state index is 0.503. The van der Waals surface area contributed by atoms with Gasteiger partial charge in [0.2, 0.25) is 0 Å². The first-order valence-corrected chi connectivity index (χ1v) is 9.62. The third kappa shape index (κ3) is 5.19. The number of hydrogen-bond donors (Lipinski definition) is 2. The van der Waals surface area contributed by atoms with Gasteiger partial charge in [-0.1, -0.05) is 0 Å². The SMILES string of the molecule is CCNC(=NCCCCSC)N1CCC(c2ncn[nH]2)CC1. The van der Waals surface area contributed by atoms with Crippen LogP contribution in [-0.4, -0.2) is 64.2 Å². The quantitative estimate of drug-likeness (QED) is 0.457. The van der Waals surface area contributed by atoms with Crippen LogP contribution in [0.2, 0.25) is 0 Å². The van der Waals surface area contributed by atoms with Crippen molar-refractivity contribution >= 4 is 17.7 Å². The number of H-pyrrole nitrogens is 1. The molecular formula is C15H28N6S. The molecule has 0 bridgehead atoms. The Kier molecular flexibility index (Phi) is 7.56. The number of hydrogen-bond acceptors (Lipinski definition) is 4. The van der Waals surface area contributed by atoms with Crippen molar-refractivity contribution in [2.24, 2.45) is 4.99 Å². The Bertz CT molecular complexity index is 425. The largest absolute Gasteiger partial charge is 0.357 e. The van der Waals surface area contributed by atoms with Gasteiger partial charge in [-0.2, -0.15) is 16.9 Å². The molecule has 1 aromatic rings. The lowest BCUT2D eigenvalue weighted by molar-refractivity contribution is 0.299. The van der Waals surface area contributed by atoms with E-state index >= 15 is 0 Å². The molecule has 7 heteroatoms. The molecule has 0 aliphatic carbocycles. The van der Waals surface area contributed by atoms with Gasteiger partial charge < -0.3 is 10.2 Å². The Balaban J connectivity index is 1.81. The zero-order valence-electron chi connectivity index (χ0n) is 13.7. The summed E-state index contributed by atoms with van der Waals surface area (Å²) in [5.74, 6) is 3.83. The number of guanidine groups is 1. The fourth-order valence-corrected chi connectivity index (χ4v) is 3.24. The zero-order valence-corrected chi connectivity index (χ0v) is 14.5. The third-order valence-corrected chi connectivity index (χ3v) is 4.66. The van der Waals surface area contributed by atoms with Crippen LogP contribution in [0.5, 0.6) is 0 Å². The lowest BCUT2D eigenvalue weighted by atomic mass is 9.96. The van der Waals surface area contributed by atoms with Crippen molar-refractivity contribution in [1.29, 1.82) is 0 Å². The summed E-state index contributed by atoms with van der Waals surface area (Å²) in [5.41, 5.74) is 0. The summed E-state index contributed by atoms with van der Waals surface area (Å²) >= 11 is 1.91. The summed E-state index contributed by atoms with van der Waals surface area (Å²) in [6.07, 6.45) is 8.38. The van der Waals surface area contributed by atoms with Crippen LogP contribution in [-0.2, 0) is 0 Å². The zero-order chi connectivity index (χ0) is 15.6. The number of aromatic amines is 1. The molecule has 0 atom stereocenters. The second-order valence-corrected chi connectivity index (χ2v) is 6.55. The summed E-state index contributed by atoms with van der Waals surface area (Å²) in [7, 11) is 0. The summed E-state index contributed by atoms with van der Waals surface area (Å²) in [6.45, 7) is 6.03. The third-order valence-electron chi connectivity index (χ3n) is 3.97. The Morgan fingerprint density at radius 1 is 1.45 bits per heavy atom. The van der Waals surface area contributed by atoms with Gasteiger partial charge in [0, 0.05) is 32.1 Å². The molecule has 124 valence electrons. The fraction of sp³-hybridized carbons (Fsp3) is 0.800. The van der Waals surface area contributed by atoms with Crippen LogP contribution in [0, 0.1) is 0 Å². The number of aromatic nitrogens is 3. The van der Waals surface area contributed by atoms with E-state index in [0.29, 0.717) is 5.92 Å². The summed E-state index contributed by atoms with van der Waals surface area (Å²) < 4.78 is 0. The van der Waals surface area contributed by atoms with Crippen molar-refractivity contribution in [2.45, 2.75) is 38.5 Å². The molecule has 0 unspecified atom stereocenters. The van der Waals surface area contributed by atoms with E-state index in [1.165, 1.54) is 18.6 Å². The molecule has 1 saturated heterocycles.